The number of aromatic hydroxyl groups is 1. The number of phenols is 1. The van der Waals surface area contributed by atoms with Crippen LogP contribution in [0.25, 0.3) is 0 Å². The molecule has 8 heteroatoms. The van der Waals surface area contributed by atoms with Crippen LogP contribution in [-0.2, 0) is 6.54 Å². The third-order valence-corrected chi connectivity index (χ3v) is 5.19. The molecule has 0 unspecified atom stereocenters. The number of guanidine groups is 1. The van der Waals surface area contributed by atoms with E-state index in [1.807, 2.05) is 49.4 Å². The Morgan fingerprint density at radius 2 is 1.81 bits per heavy atom. The number of rotatable bonds is 6. The second-order valence-electron chi connectivity index (χ2n) is 7.32. The number of piperazine rings is 1. The molecule has 0 spiro atoms. The molecule has 1 fully saturated rings. The first-order chi connectivity index (χ1) is 14.6. The number of nitrogens with one attached hydrogen (secondary N) is 2. The SMILES string of the molecule is CCCNC(=O)c1cccc(CNC(=NC)N2CCN(c3ccccc3O)CC2)c1.I. The summed E-state index contributed by atoms with van der Waals surface area (Å²) in [5.74, 6) is 1.12. The van der Waals surface area contributed by atoms with E-state index in [0.29, 0.717) is 24.4 Å². The minimum atomic E-state index is -0.0385. The molecular formula is C23H32IN5O2. The fraction of sp³-hybridized carbons (Fsp3) is 0.391. The lowest BCUT2D eigenvalue weighted by molar-refractivity contribution is 0.0953. The molecule has 2 aromatic carbocycles. The predicted molar refractivity (Wildman–Crippen MR) is 137 cm³/mol. The first-order valence-electron chi connectivity index (χ1n) is 10.5. The molecule has 7 nitrogen and oxygen atoms in total. The number of hydrogen-bond acceptors (Lipinski definition) is 4. The number of amides is 1. The lowest BCUT2D eigenvalue weighted by atomic mass is 10.1. The number of hydrogen-bond donors (Lipinski definition) is 3. The Bertz CT molecular complexity index is 882. The molecule has 2 aromatic rings. The molecule has 3 rings (SSSR count). The number of carbonyl (C=O) groups excluding carboxylic acids is 1. The van der Waals surface area contributed by atoms with Crippen LogP contribution in [0.4, 0.5) is 5.69 Å². The van der Waals surface area contributed by atoms with Crippen molar-refractivity contribution >= 4 is 41.5 Å². The van der Waals surface area contributed by atoms with Crippen LogP contribution in [0.15, 0.2) is 53.5 Å². The van der Waals surface area contributed by atoms with Crippen LogP contribution in [0.2, 0.25) is 0 Å². The average Bonchev–Trinajstić information content (AvgIpc) is 2.79. The first kappa shape index (κ1) is 24.8. The van der Waals surface area contributed by atoms with Gasteiger partial charge in [-0.25, -0.2) is 0 Å². The highest BCUT2D eigenvalue weighted by Crippen LogP contribution is 2.27. The predicted octanol–water partition coefficient (Wildman–Crippen LogP) is 3.05. The zero-order valence-electron chi connectivity index (χ0n) is 18.2. The van der Waals surface area contributed by atoms with Gasteiger partial charge in [-0.1, -0.05) is 31.2 Å². The molecule has 0 aliphatic carbocycles. The van der Waals surface area contributed by atoms with Crippen molar-refractivity contribution in [2.75, 3.05) is 44.7 Å². The van der Waals surface area contributed by atoms with Gasteiger partial charge in [0.2, 0.25) is 0 Å². The number of anilines is 1. The molecule has 1 heterocycles. The largest absolute Gasteiger partial charge is 0.506 e. The summed E-state index contributed by atoms with van der Waals surface area (Å²) in [6.45, 7) is 6.56. The normalized spacial score (nSPS) is 14.1. The van der Waals surface area contributed by atoms with Crippen molar-refractivity contribution in [3.05, 3.63) is 59.7 Å². The molecule has 1 aliphatic rings. The van der Waals surface area contributed by atoms with Gasteiger partial charge in [0.25, 0.3) is 5.91 Å². The van der Waals surface area contributed by atoms with E-state index in [4.69, 9.17) is 0 Å². The van der Waals surface area contributed by atoms with Gasteiger partial charge in [0.1, 0.15) is 5.75 Å². The fourth-order valence-corrected chi connectivity index (χ4v) is 3.57. The van der Waals surface area contributed by atoms with Gasteiger partial charge < -0.3 is 25.5 Å². The van der Waals surface area contributed by atoms with E-state index in [-0.39, 0.29) is 29.9 Å². The molecule has 1 aliphatic heterocycles. The number of benzene rings is 2. The van der Waals surface area contributed by atoms with Crippen LogP contribution in [0.3, 0.4) is 0 Å². The molecule has 0 radical (unpaired) electrons. The van der Waals surface area contributed by atoms with Gasteiger partial charge in [-0.15, -0.1) is 24.0 Å². The van der Waals surface area contributed by atoms with Crippen LogP contribution >= 0.6 is 24.0 Å². The Hall–Kier alpha value is -2.49. The molecule has 3 N–H and O–H groups in total. The second-order valence-corrected chi connectivity index (χ2v) is 7.32. The Kier molecular flexibility index (Phi) is 9.90. The number of aliphatic imine (C=N–C) groups is 1. The highest BCUT2D eigenvalue weighted by molar-refractivity contribution is 14.0. The third kappa shape index (κ3) is 6.75. The van der Waals surface area contributed by atoms with Gasteiger partial charge in [0.05, 0.1) is 5.69 Å². The first-order valence-corrected chi connectivity index (χ1v) is 10.5. The van der Waals surface area contributed by atoms with Crippen LogP contribution in [0.5, 0.6) is 5.75 Å². The number of para-hydroxylation sites is 2. The quantitative estimate of drug-likeness (QED) is 0.300. The number of halogens is 1. The van der Waals surface area contributed by atoms with Crippen LogP contribution in [0.1, 0.15) is 29.3 Å². The molecule has 0 bridgehead atoms. The van der Waals surface area contributed by atoms with Crippen LogP contribution < -0.4 is 15.5 Å². The molecule has 0 saturated carbocycles. The van der Waals surface area contributed by atoms with Crippen molar-refractivity contribution in [3.63, 3.8) is 0 Å². The molecule has 31 heavy (non-hydrogen) atoms. The topological polar surface area (TPSA) is 80.2 Å². The van der Waals surface area contributed by atoms with Gasteiger partial charge in [0.15, 0.2) is 5.96 Å². The molecule has 1 amide bonds. The summed E-state index contributed by atoms with van der Waals surface area (Å²) in [5, 5.41) is 16.4. The van der Waals surface area contributed by atoms with Crippen molar-refractivity contribution in [2.45, 2.75) is 19.9 Å². The molecule has 1 saturated heterocycles. The van der Waals surface area contributed by atoms with E-state index < -0.39 is 0 Å². The maximum absolute atomic E-state index is 12.2. The van der Waals surface area contributed by atoms with Crippen molar-refractivity contribution in [2.24, 2.45) is 4.99 Å². The summed E-state index contributed by atoms with van der Waals surface area (Å²) in [4.78, 5) is 21.0. The van der Waals surface area contributed by atoms with Crippen molar-refractivity contribution in [1.29, 1.82) is 0 Å². The maximum atomic E-state index is 12.2. The molecule has 168 valence electrons. The van der Waals surface area contributed by atoms with Gasteiger partial charge in [-0.05, 0) is 36.2 Å². The van der Waals surface area contributed by atoms with Gasteiger partial charge in [-0.2, -0.15) is 0 Å². The zero-order chi connectivity index (χ0) is 21.3. The standard InChI is InChI=1S/C23H31N5O2.HI/c1-3-11-25-22(30)19-8-6-7-18(16-19)17-26-23(24-2)28-14-12-27(13-15-28)20-9-4-5-10-21(20)29;/h4-10,16,29H,3,11-15,17H2,1-2H3,(H,24,26)(H,25,30);1H. The second kappa shape index (κ2) is 12.4. The Morgan fingerprint density at radius 1 is 1.06 bits per heavy atom. The summed E-state index contributed by atoms with van der Waals surface area (Å²) < 4.78 is 0. The summed E-state index contributed by atoms with van der Waals surface area (Å²) in [5.41, 5.74) is 2.58. The smallest absolute Gasteiger partial charge is 0.251 e. The molecule has 0 atom stereocenters. The molecule has 0 aromatic heterocycles. The highest BCUT2D eigenvalue weighted by Gasteiger charge is 2.21. The number of phenolic OH excluding ortho intramolecular Hbond substituents is 1. The summed E-state index contributed by atoms with van der Waals surface area (Å²) in [6, 6.07) is 15.1. The van der Waals surface area contributed by atoms with E-state index >= 15 is 0 Å². The van der Waals surface area contributed by atoms with E-state index in [0.717, 1.165) is 49.8 Å². The van der Waals surface area contributed by atoms with Gasteiger partial charge in [-0.3, -0.25) is 9.79 Å². The lowest BCUT2D eigenvalue weighted by Gasteiger charge is -2.37. The average molecular weight is 537 g/mol. The Morgan fingerprint density at radius 3 is 2.48 bits per heavy atom. The summed E-state index contributed by atoms with van der Waals surface area (Å²) >= 11 is 0. The van der Waals surface area contributed by atoms with E-state index in [9.17, 15) is 9.90 Å². The fourth-order valence-electron chi connectivity index (χ4n) is 3.57. The van der Waals surface area contributed by atoms with Gasteiger partial charge in [0, 0.05) is 51.9 Å². The van der Waals surface area contributed by atoms with E-state index in [2.05, 4.69) is 25.4 Å². The Balaban J connectivity index is 0.00000341. The van der Waals surface area contributed by atoms with E-state index in [1.54, 1.807) is 13.1 Å². The van der Waals surface area contributed by atoms with Gasteiger partial charge >= 0.3 is 0 Å². The zero-order valence-corrected chi connectivity index (χ0v) is 20.5. The molecular weight excluding hydrogens is 505 g/mol. The maximum Gasteiger partial charge on any atom is 0.251 e. The summed E-state index contributed by atoms with van der Waals surface area (Å²) in [7, 11) is 1.78. The Labute approximate surface area is 201 Å². The lowest BCUT2D eigenvalue weighted by Crippen LogP contribution is -2.52. The minimum Gasteiger partial charge on any atom is -0.506 e. The third-order valence-electron chi connectivity index (χ3n) is 5.19. The number of nitrogens with zero attached hydrogens (tertiary/aromatic N) is 3. The van der Waals surface area contributed by atoms with E-state index in [1.165, 1.54) is 0 Å². The van der Waals surface area contributed by atoms with Crippen LogP contribution in [0, 0.1) is 0 Å². The monoisotopic (exact) mass is 537 g/mol. The van der Waals surface area contributed by atoms with Crippen molar-refractivity contribution < 1.29 is 9.90 Å². The van der Waals surface area contributed by atoms with Crippen LogP contribution in [-0.4, -0.2) is 61.6 Å². The van der Waals surface area contributed by atoms with Crippen molar-refractivity contribution in [3.8, 4) is 5.75 Å². The highest BCUT2D eigenvalue weighted by atomic mass is 127. The van der Waals surface area contributed by atoms with Crippen molar-refractivity contribution in [1.82, 2.24) is 15.5 Å². The summed E-state index contributed by atoms with van der Waals surface area (Å²) in [6.07, 6.45) is 0.917. The minimum absolute atomic E-state index is 0. The number of carbonyl (C=O) groups is 1.